The van der Waals surface area contributed by atoms with Gasteiger partial charge >= 0.3 is 0 Å². The molecule has 0 aliphatic carbocycles. The Labute approximate surface area is 110 Å². The molecule has 0 fully saturated rings. The number of rotatable bonds is 5. The minimum atomic E-state index is 0.605. The average Bonchev–Trinajstić information content (AvgIpc) is 2.94. The molecule has 0 spiro atoms. The summed E-state index contributed by atoms with van der Waals surface area (Å²) in [5.41, 5.74) is 0. The average molecular weight is 264 g/mol. The Bertz CT molecular complexity index is 494. The quantitative estimate of drug-likeness (QED) is 0.765. The van der Waals surface area contributed by atoms with E-state index in [4.69, 9.17) is 0 Å². The van der Waals surface area contributed by atoms with Crippen molar-refractivity contribution in [3.63, 3.8) is 0 Å². The lowest BCUT2D eigenvalue weighted by Gasteiger charge is -2.19. The fraction of sp³-hybridized carbons (Fsp3) is 0.455. The van der Waals surface area contributed by atoms with E-state index in [9.17, 15) is 0 Å². The van der Waals surface area contributed by atoms with Gasteiger partial charge in [-0.25, -0.2) is 4.98 Å². The number of hydrogen-bond acceptors (Lipinski definition) is 6. The van der Waals surface area contributed by atoms with Crippen LogP contribution >= 0.6 is 11.8 Å². The van der Waals surface area contributed by atoms with Gasteiger partial charge < -0.3 is 4.90 Å². The van der Waals surface area contributed by atoms with Crippen molar-refractivity contribution >= 4 is 17.7 Å². The number of aromatic nitrogens is 5. The molecule has 0 radical (unpaired) electrons. The van der Waals surface area contributed by atoms with Crippen LogP contribution in [0.5, 0.6) is 0 Å². The third-order valence-electron chi connectivity index (χ3n) is 2.56. The van der Waals surface area contributed by atoms with Crippen molar-refractivity contribution in [2.24, 2.45) is 0 Å². The van der Waals surface area contributed by atoms with Crippen molar-refractivity contribution in [2.75, 3.05) is 24.2 Å². The molecule has 0 saturated carbocycles. The summed E-state index contributed by atoms with van der Waals surface area (Å²) >= 11 is 1.51. The molecule has 0 amide bonds. The van der Waals surface area contributed by atoms with Crippen LogP contribution in [0, 0.1) is 0 Å². The lowest BCUT2D eigenvalue weighted by molar-refractivity contribution is 0.757. The summed E-state index contributed by atoms with van der Waals surface area (Å²) in [7, 11) is 0. The molecule has 2 aromatic rings. The van der Waals surface area contributed by atoms with Gasteiger partial charge in [-0.15, -0.1) is 0 Å². The molecule has 2 heterocycles. The topological polar surface area (TPSA) is 59.7 Å². The molecule has 0 aliphatic heterocycles. The first kappa shape index (κ1) is 12.8. The zero-order chi connectivity index (χ0) is 13.0. The van der Waals surface area contributed by atoms with E-state index < -0.39 is 0 Å². The summed E-state index contributed by atoms with van der Waals surface area (Å²) in [4.78, 5) is 19.4. The molecule has 2 rings (SSSR count). The number of anilines is 1. The Morgan fingerprint density at radius 1 is 1.22 bits per heavy atom. The maximum atomic E-state index is 4.48. The molecule has 96 valence electrons. The summed E-state index contributed by atoms with van der Waals surface area (Å²) < 4.78 is 1.79. The molecular formula is C11H16N6S. The van der Waals surface area contributed by atoms with Crippen molar-refractivity contribution in [3.05, 3.63) is 18.7 Å². The standard InChI is InChI=1S/C11H16N6S/c1-4-16(5-2)9-13-10(15-11(14-9)18-3)17-7-6-12-8-17/h6-8H,4-5H2,1-3H3. The Hall–Kier alpha value is -1.63. The van der Waals surface area contributed by atoms with E-state index in [2.05, 4.69) is 38.7 Å². The first-order valence-corrected chi connectivity index (χ1v) is 7.04. The van der Waals surface area contributed by atoms with Gasteiger partial charge in [0.25, 0.3) is 0 Å². The first-order valence-electron chi connectivity index (χ1n) is 5.81. The minimum absolute atomic E-state index is 0.605. The SMILES string of the molecule is CCN(CC)c1nc(SC)nc(-n2ccnc2)n1. The highest BCUT2D eigenvalue weighted by Gasteiger charge is 2.11. The third-order valence-corrected chi connectivity index (χ3v) is 3.10. The molecule has 2 aromatic heterocycles. The summed E-state index contributed by atoms with van der Waals surface area (Å²) in [6.45, 7) is 5.92. The summed E-state index contributed by atoms with van der Waals surface area (Å²) in [6, 6.07) is 0. The normalized spacial score (nSPS) is 10.6. The van der Waals surface area contributed by atoms with Crippen LogP contribution in [-0.2, 0) is 0 Å². The van der Waals surface area contributed by atoms with E-state index in [-0.39, 0.29) is 0 Å². The minimum Gasteiger partial charge on any atom is -0.341 e. The molecule has 18 heavy (non-hydrogen) atoms. The molecule has 0 atom stereocenters. The molecule has 6 nitrogen and oxygen atoms in total. The van der Waals surface area contributed by atoms with Crippen molar-refractivity contribution < 1.29 is 0 Å². The van der Waals surface area contributed by atoms with Crippen molar-refractivity contribution in [1.82, 2.24) is 24.5 Å². The summed E-state index contributed by atoms with van der Waals surface area (Å²) in [6.07, 6.45) is 7.18. The monoisotopic (exact) mass is 264 g/mol. The predicted octanol–water partition coefficient (Wildman–Crippen LogP) is 1.63. The maximum absolute atomic E-state index is 4.48. The van der Waals surface area contributed by atoms with E-state index in [0.717, 1.165) is 18.2 Å². The zero-order valence-corrected chi connectivity index (χ0v) is 11.6. The Morgan fingerprint density at radius 2 is 2.00 bits per heavy atom. The zero-order valence-electron chi connectivity index (χ0n) is 10.7. The van der Waals surface area contributed by atoms with E-state index in [1.165, 1.54) is 11.8 Å². The van der Waals surface area contributed by atoms with Gasteiger partial charge in [0.2, 0.25) is 11.9 Å². The molecule has 0 saturated heterocycles. The number of nitrogens with zero attached hydrogens (tertiary/aromatic N) is 6. The van der Waals surface area contributed by atoms with Crippen molar-refractivity contribution in [3.8, 4) is 5.95 Å². The lowest BCUT2D eigenvalue weighted by atomic mass is 10.5. The highest BCUT2D eigenvalue weighted by Crippen LogP contribution is 2.15. The summed E-state index contributed by atoms with van der Waals surface area (Å²) in [5, 5.41) is 0.718. The Balaban J connectivity index is 2.45. The van der Waals surface area contributed by atoms with Crippen LogP contribution in [0.2, 0.25) is 0 Å². The van der Waals surface area contributed by atoms with E-state index >= 15 is 0 Å². The predicted molar refractivity (Wildman–Crippen MR) is 72.3 cm³/mol. The van der Waals surface area contributed by atoms with Gasteiger partial charge in [0, 0.05) is 25.5 Å². The highest BCUT2D eigenvalue weighted by atomic mass is 32.2. The Morgan fingerprint density at radius 3 is 2.56 bits per heavy atom. The number of hydrogen-bond donors (Lipinski definition) is 0. The third kappa shape index (κ3) is 2.61. The van der Waals surface area contributed by atoms with Crippen LogP contribution in [0.1, 0.15) is 13.8 Å². The molecule has 0 aliphatic rings. The fourth-order valence-corrected chi connectivity index (χ4v) is 1.91. The van der Waals surface area contributed by atoms with E-state index in [1.54, 1.807) is 17.1 Å². The van der Waals surface area contributed by atoms with Crippen LogP contribution < -0.4 is 4.90 Å². The van der Waals surface area contributed by atoms with Crippen LogP contribution in [0.3, 0.4) is 0 Å². The number of imidazole rings is 1. The van der Waals surface area contributed by atoms with Crippen molar-refractivity contribution in [2.45, 2.75) is 19.0 Å². The van der Waals surface area contributed by atoms with E-state index in [1.807, 2.05) is 12.5 Å². The number of thioether (sulfide) groups is 1. The highest BCUT2D eigenvalue weighted by molar-refractivity contribution is 7.98. The van der Waals surface area contributed by atoms with Gasteiger partial charge in [0.15, 0.2) is 5.16 Å². The molecule has 0 bridgehead atoms. The van der Waals surface area contributed by atoms with Crippen LogP contribution in [0.25, 0.3) is 5.95 Å². The molecule has 0 unspecified atom stereocenters. The van der Waals surface area contributed by atoms with Crippen LogP contribution in [-0.4, -0.2) is 43.8 Å². The molecule has 0 aromatic carbocycles. The van der Waals surface area contributed by atoms with Gasteiger partial charge in [-0.1, -0.05) is 11.8 Å². The van der Waals surface area contributed by atoms with Crippen LogP contribution in [0.4, 0.5) is 5.95 Å². The first-order chi connectivity index (χ1) is 8.78. The van der Waals surface area contributed by atoms with Gasteiger partial charge in [0.1, 0.15) is 6.33 Å². The van der Waals surface area contributed by atoms with Gasteiger partial charge in [0.05, 0.1) is 0 Å². The largest absolute Gasteiger partial charge is 0.341 e. The lowest BCUT2D eigenvalue weighted by Crippen LogP contribution is -2.25. The Kier molecular flexibility index (Phi) is 4.14. The van der Waals surface area contributed by atoms with Crippen molar-refractivity contribution in [1.29, 1.82) is 0 Å². The molecule has 0 N–H and O–H groups in total. The van der Waals surface area contributed by atoms with Crippen LogP contribution in [0.15, 0.2) is 23.9 Å². The van der Waals surface area contributed by atoms with Gasteiger partial charge in [-0.3, -0.25) is 4.57 Å². The fourth-order valence-electron chi connectivity index (χ4n) is 1.57. The molecular weight excluding hydrogens is 248 g/mol. The van der Waals surface area contributed by atoms with Gasteiger partial charge in [-0.05, 0) is 20.1 Å². The smallest absolute Gasteiger partial charge is 0.240 e. The second-order valence-corrected chi connectivity index (χ2v) is 4.34. The maximum Gasteiger partial charge on any atom is 0.240 e. The second kappa shape index (κ2) is 5.81. The summed E-state index contributed by atoms with van der Waals surface area (Å²) in [5.74, 6) is 1.32. The molecule has 7 heteroatoms. The van der Waals surface area contributed by atoms with E-state index in [0.29, 0.717) is 11.9 Å². The second-order valence-electron chi connectivity index (χ2n) is 3.56. The van der Waals surface area contributed by atoms with Gasteiger partial charge in [-0.2, -0.15) is 15.0 Å².